The maximum Gasteiger partial charge on any atom is 0.158 e. The Morgan fingerprint density at radius 3 is 2.38 bits per heavy atom. The van der Waals surface area contributed by atoms with Crippen LogP contribution >= 0.6 is 0 Å². The van der Waals surface area contributed by atoms with Crippen molar-refractivity contribution >= 4 is 5.78 Å². The lowest BCUT2D eigenvalue weighted by Gasteiger charge is -2.12. The number of benzene rings is 1. The minimum atomic E-state index is -0.290. The normalized spacial score (nSPS) is 12.2. The van der Waals surface area contributed by atoms with Gasteiger partial charge in [0.1, 0.15) is 11.9 Å². The molecular weight excluding hydrogens is 204 g/mol. The molecule has 0 heterocycles. The van der Waals surface area contributed by atoms with Crippen LogP contribution in [0.5, 0.6) is 5.75 Å². The molecule has 0 amide bonds. The number of carbonyl (C=O) groups is 1. The molecule has 0 spiro atoms. The van der Waals surface area contributed by atoms with E-state index in [2.05, 4.69) is 0 Å². The Morgan fingerprint density at radius 1 is 1.31 bits per heavy atom. The van der Waals surface area contributed by atoms with E-state index in [4.69, 9.17) is 9.47 Å². The molecule has 0 fully saturated rings. The van der Waals surface area contributed by atoms with Gasteiger partial charge >= 0.3 is 0 Å². The van der Waals surface area contributed by atoms with Crippen molar-refractivity contribution in [2.24, 2.45) is 0 Å². The molecule has 3 nitrogen and oxygen atoms in total. The van der Waals surface area contributed by atoms with E-state index in [0.717, 1.165) is 11.3 Å². The van der Waals surface area contributed by atoms with Crippen molar-refractivity contribution in [2.75, 3.05) is 7.11 Å². The van der Waals surface area contributed by atoms with E-state index in [-0.39, 0.29) is 11.9 Å². The molecule has 0 bridgehead atoms. The Bertz CT molecular complexity index is 330. The predicted octanol–water partition coefficient (Wildman–Crippen LogP) is 2.58. The van der Waals surface area contributed by atoms with Crippen molar-refractivity contribution in [2.45, 2.75) is 33.0 Å². The average Bonchev–Trinajstić information content (AvgIpc) is 2.30. The van der Waals surface area contributed by atoms with Crippen LogP contribution in [0, 0.1) is 0 Å². The number of ketones is 1. The maximum atomic E-state index is 11.2. The molecule has 0 aliphatic carbocycles. The van der Waals surface area contributed by atoms with Crippen LogP contribution in [0.2, 0.25) is 0 Å². The first-order valence-electron chi connectivity index (χ1n) is 5.42. The molecule has 0 N–H and O–H groups in total. The molecule has 0 aliphatic heterocycles. The summed E-state index contributed by atoms with van der Waals surface area (Å²) in [6.07, 6.45) is 0.424. The number of hydrogen-bond donors (Lipinski definition) is 0. The minimum absolute atomic E-state index is 0.0796. The topological polar surface area (TPSA) is 35.5 Å². The highest BCUT2D eigenvalue weighted by atomic mass is 16.5. The summed E-state index contributed by atoms with van der Waals surface area (Å²) in [7, 11) is 1.63. The first kappa shape index (κ1) is 12.7. The number of Topliss-reactive ketones (excluding diaryl/α,β-unsaturated/α-hetero) is 1. The largest absolute Gasteiger partial charge is 0.497 e. The first-order chi connectivity index (χ1) is 7.67. The van der Waals surface area contributed by atoms with Crippen LogP contribution < -0.4 is 4.74 Å². The fraction of sp³-hybridized carbons (Fsp3) is 0.462. The summed E-state index contributed by atoms with van der Waals surface area (Å²) < 4.78 is 10.6. The van der Waals surface area contributed by atoms with E-state index >= 15 is 0 Å². The summed E-state index contributed by atoms with van der Waals surface area (Å²) >= 11 is 0. The zero-order valence-electron chi connectivity index (χ0n) is 10.0. The highest BCUT2D eigenvalue weighted by molar-refractivity contribution is 5.80. The summed E-state index contributed by atoms with van der Waals surface area (Å²) in [5, 5.41) is 0. The predicted molar refractivity (Wildman–Crippen MR) is 62.5 cm³/mol. The van der Waals surface area contributed by atoms with Crippen molar-refractivity contribution in [1.82, 2.24) is 0 Å². The molecule has 0 radical (unpaired) electrons. The van der Waals surface area contributed by atoms with Gasteiger partial charge in [0, 0.05) is 0 Å². The molecule has 3 heteroatoms. The SMILES string of the molecule is CCC(OCc1ccc(OC)cc1)C(C)=O. The standard InChI is InChI=1S/C13H18O3/c1-4-13(10(2)14)16-9-11-5-7-12(15-3)8-6-11/h5-8,13H,4,9H2,1-3H3. The van der Waals surface area contributed by atoms with E-state index in [9.17, 15) is 4.79 Å². The van der Waals surface area contributed by atoms with Gasteiger partial charge in [0.05, 0.1) is 13.7 Å². The van der Waals surface area contributed by atoms with E-state index in [1.54, 1.807) is 14.0 Å². The maximum absolute atomic E-state index is 11.2. The molecule has 1 rings (SSSR count). The van der Waals surface area contributed by atoms with Crippen molar-refractivity contribution in [3.8, 4) is 5.75 Å². The zero-order valence-corrected chi connectivity index (χ0v) is 10.0. The summed E-state index contributed by atoms with van der Waals surface area (Å²) in [5.41, 5.74) is 1.04. The van der Waals surface area contributed by atoms with E-state index in [0.29, 0.717) is 13.0 Å². The number of ether oxygens (including phenoxy) is 2. The van der Waals surface area contributed by atoms with Gasteiger partial charge in [-0.25, -0.2) is 0 Å². The summed E-state index contributed by atoms with van der Waals surface area (Å²) in [6, 6.07) is 7.64. The van der Waals surface area contributed by atoms with Gasteiger partial charge in [-0.1, -0.05) is 19.1 Å². The molecule has 88 valence electrons. The second-order valence-electron chi connectivity index (χ2n) is 3.67. The summed E-state index contributed by atoms with van der Waals surface area (Å²) in [6.45, 7) is 3.96. The molecule has 0 saturated heterocycles. The first-order valence-corrected chi connectivity index (χ1v) is 5.42. The van der Waals surface area contributed by atoms with Crippen LogP contribution in [0.4, 0.5) is 0 Å². The molecule has 1 aromatic carbocycles. The zero-order chi connectivity index (χ0) is 12.0. The van der Waals surface area contributed by atoms with Gasteiger partial charge in [-0.15, -0.1) is 0 Å². The minimum Gasteiger partial charge on any atom is -0.497 e. The molecule has 1 unspecified atom stereocenters. The van der Waals surface area contributed by atoms with Gasteiger partial charge in [0.25, 0.3) is 0 Å². The quantitative estimate of drug-likeness (QED) is 0.742. The molecule has 0 saturated carbocycles. The Kier molecular flexibility index (Phi) is 4.99. The van der Waals surface area contributed by atoms with Gasteiger partial charge in [-0.2, -0.15) is 0 Å². The molecule has 1 aromatic rings. The Morgan fingerprint density at radius 2 is 1.94 bits per heavy atom. The lowest BCUT2D eigenvalue weighted by atomic mass is 10.2. The van der Waals surface area contributed by atoms with Crippen LogP contribution in [0.25, 0.3) is 0 Å². The molecule has 0 aromatic heterocycles. The number of rotatable bonds is 6. The third-order valence-electron chi connectivity index (χ3n) is 2.43. The van der Waals surface area contributed by atoms with Crippen molar-refractivity contribution < 1.29 is 14.3 Å². The van der Waals surface area contributed by atoms with Crippen LogP contribution in [0.3, 0.4) is 0 Å². The fourth-order valence-electron chi connectivity index (χ4n) is 1.44. The molecule has 1 atom stereocenters. The summed E-state index contributed by atoms with van der Waals surface area (Å²) in [5.74, 6) is 0.901. The number of carbonyl (C=O) groups excluding carboxylic acids is 1. The Hall–Kier alpha value is -1.35. The third kappa shape index (κ3) is 3.66. The Labute approximate surface area is 96.4 Å². The monoisotopic (exact) mass is 222 g/mol. The van der Waals surface area contributed by atoms with Crippen LogP contribution in [0.15, 0.2) is 24.3 Å². The van der Waals surface area contributed by atoms with Gasteiger partial charge in [-0.05, 0) is 31.0 Å². The van der Waals surface area contributed by atoms with Crippen LogP contribution in [-0.4, -0.2) is 19.0 Å². The molecule has 16 heavy (non-hydrogen) atoms. The van der Waals surface area contributed by atoms with Crippen molar-refractivity contribution in [3.05, 3.63) is 29.8 Å². The van der Waals surface area contributed by atoms with E-state index in [1.165, 1.54) is 0 Å². The van der Waals surface area contributed by atoms with Gasteiger partial charge in [0.2, 0.25) is 0 Å². The highest BCUT2D eigenvalue weighted by Crippen LogP contribution is 2.13. The molecular formula is C13H18O3. The summed E-state index contributed by atoms with van der Waals surface area (Å²) in [4.78, 5) is 11.2. The lowest BCUT2D eigenvalue weighted by Crippen LogP contribution is -2.20. The second kappa shape index (κ2) is 6.28. The Balaban J connectivity index is 2.50. The van der Waals surface area contributed by atoms with Gasteiger partial charge in [-0.3, -0.25) is 4.79 Å². The molecule has 0 aliphatic rings. The van der Waals surface area contributed by atoms with Crippen LogP contribution in [-0.2, 0) is 16.1 Å². The van der Waals surface area contributed by atoms with Crippen molar-refractivity contribution in [1.29, 1.82) is 0 Å². The number of hydrogen-bond acceptors (Lipinski definition) is 3. The van der Waals surface area contributed by atoms with Gasteiger partial charge in [0.15, 0.2) is 5.78 Å². The third-order valence-corrected chi connectivity index (χ3v) is 2.43. The second-order valence-corrected chi connectivity index (χ2v) is 3.67. The van der Waals surface area contributed by atoms with E-state index in [1.807, 2.05) is 31.2 Å². The fourth-order valence-corrected chi connectivity index (χ4v) is 1.44. The smallest absolute Gasteiger partial charge is 0.158 e. The van der Waals surface area contributed by atoms with Crippen molar-refractivity contribution in [3.63, 3.8) is 0 Å². The average molecular weight is 222 g/mol. The highest BCUT2D eigenvalue weighted by Gasteiger charge is 2.11. The number of methoxy groups -OCH3 is 1. The van der Waals surface area contributed by atoms with Crippen LogP contribution in [0.1, 0.15) is 25.8 Å². The van der Waals surface area contributed by atoms with E-state index < -0.39 is 0 Å². The lowest BCUT2D eigenvalue weighted by molar-refractivity contribution is -0.129. The van der Waals surface area contributed by atoms with Gasteiger partial charge < -0.3 is 9.47 Å².